The third-order valence-corrected chi connectivity index (χ3v) is 5.19. The lowest BCUT2D eigenvalue weighted by Gasteiger charge is -2.13. The third-order valence-electron chi connectivity index (χ3n) is 4.49. The topological polar surface area (TPSA) is 76.4 Å². The number of methoxy groups -OCH3 is 1. The number of ether oxygens (including phenoxy) is 1. The molecule has 0 saturated heterocycles. The third kappa shape index (κ3) is 7.42. The Morgan fingerprint density at radius 2 is 1.89 bits per heavy atom. The molecule has 28 heavy (non-hydrogen) atoms. The van der Waals surface area contributed by atoms with Gasteiger partial charge in [-0.1, -0.05) is 12.1 Å². The molecule has 0 atom stereocenters. The zero-order valence-corrected chi connectivity index (χ0v) is 18.2. The maximum absolute atomic E-state index is 5.21. The number of guanidine groups is 1. The number of nitrogens with zero attached hydrogens (tertiary/aromatic N) is 4. The van der Waals surface area contributed by atoms with Gasteiger partial charge in [-0.15, -0.1) is 10.2 Å². The van der Waals surface area contributed by atoms with Gasteiger partial charge in [0.05, 0.1) is 7.11 Å². The smallest absolute Gasteiger partial charge is 0.191 e. The molecule has 8 heteroatoms. The lowest BCUT2D eigenvalue weighted by atomic mass is 10.1. The summed E-state index contributed by atoms with van der Waals surface area (Å²) in [6.45, 7) is 4.16. The number of hydrogen-bond acceptors (Lipinski definition) is 5. The highest BCUT2D eigenvalue weighted by atomic mass is 32.2. The quantitative estimate of drug-likeness (QED) is 0.341. The number of hydrogen-bond donors (Lipinski definition) is 2. The summed E-state index contributed by atoms with van der Waals surface area (Å²) in [5, 5.41) is 15.1. The van der Waals surface area contributed by atoms with Crippen molar-refractivity contribution in [3.63, 3.8) is 0 Å². The zero-order chi connectivity index (χ0) is 20.2. The van der Waals surface area contributed by atoms with Gasteiger partial charge in [0.15, 0.2) is 11.8 Å². The monoisotopic (exact) mass is 404 g/mol. The van der Waals surface area contributed by atoms with Gasteiger partial charge in [-0.25, -0.2) is 4.99 Å². The van der Waals surface area contributed by atoms with Crippen LogP contribution in [0.3, 0.4) is 0 Å². The Balaban J connectivity index is 1.88. The van der Waals surface area contributed by atoms with Gasteiger partial charge in [-0.3, -0.25) is 0 Å². The Hall–Kier alpha value is -2.22. The van der Waals surface area contributed by atoms with Crippen LogP contribution in [0.4, 0.5) is 0 Å². The van der Waals surface area contributed by atoms with Crippen LogP contribution < -0.4 is 15.4 Å². The van der Waals surface area contributed by atoms with Crippen LogP contribution in [0.1, 0.15) is 30.1 Å². The molecule has 0 saturated carbocycles. The number of thioether (sulfide) groups is 1. The van der Waals surface area contributed by atoms with Crippen molar-refractivity contribution in [2.24, 2.45) is 12.0 Å². The molecule has 7 nitrogen and oxygen atoms in total. The van der Waals surface area contributed by atoms with Crippen LogP contribution in [-0.2, 0) is 20.0 Å². The first kappa shape index (κ1) is 22.1. The van der Waals surface area contributed by atoms with Crippen LogP contribution >= 0.6 is 11.8 Å². The Labute approximate surface area is 172 Å². The van der Waals surface area contributed by atoms with Crippen LogP contribution in [0.15, 0.2) is 29.3 Å². The van der Waals surface area contributed by atoms with Gasteiger partial charge < -0.3 is 19.9 Å². The summed E-state index contributed by atoms with van der Waals surface area (Å²) >= 11 is 1.89. The van der Waals surface area contributed by atoms with Gasteiger partial charge >= 0.3 is 0 Å². The van der Waals surface area contributed by atoms with Crippen LogP contribution in [0.25, 0.3) is 0 Å². The zero-order valence-electron chi connectivity index (χ0n) is 17.4. The molecule has 0 unspecified atom stereocenters. The Bertz CT molecular complexity index is 729. The highest BCUT2D eigenvalue weighted by molar-refractivity contribution is 7.98. The van der Waals surface area contributed by atoms with Gasteiger partial charge in [0.1, 0.15) is 18.1 Å². The molecule has 1 aromatic carbocycles. The minimum Gasteiger partial charge on any atom is -0.497 e. The molecular formula is C20H32N6OS. The molecule has 154 valence electrons. The van der Waals surface area contributed by atoms with E-state index >= 15 is 0 Å². The summed E-state index contributed by atoms with van der Waals surface area (Å²) in [5.74, 6) is 4.64. The van der Waals surface area contributed by atoms with Crippen LogP contribution in [0.5, 0.6) is 5.75 Å². The number of nitrogens with one attached hydrogen (secondary N) is 2. The second-order valence-electron chi connectivity index (χ2n) is 6.54. The predicted octanol–water partition coefficient (Wildman–Crippen LogP) is 2.55. The molecule has 0 aliphatic heterocycles. The van der Waals surface area contributed by atoms with E-state index in [1.807, 2.05) is 42.4 Å². The first-order valence-electron chi connectivity index (χ1n) is 9.63. The molecule has 1 aromatic heterocycles. The van der Waals surface area contributed by atoms with E-state index in [0.717, 1.165) is 49.3 Å². The number of unbranched alkanes of at least 4 members (excludes halogenated alkanes) is 1. The summed E-state index contributed by atoms with van der Waals surface area (Å²) in [6, 6.07) is 8.17. The molecule has 0 spiro atoms. The summed E-state index contributed by atoms with van der Waals surface area (Å²) < 4.78 is 7.18. The van der Waals surface area contributed by atoms with Gasteiger partial charge in [0.2, 0.25) is 0 Å². The van der Waals surface area contributed by atoms with Crippen molar-refractivity contribution < 1.29 is 4.74 Å². The molecule has 2 N–H and O–H groups in total. The summed E-state index contributed by atoms with van der Waals surface area (Å²) in [5.41, 5.74) is 1.26. The van der Waals surface area contributed by atoms with Gasteiger partial charge in [0.25, 0.3) is 0 Å². The Morgan fingerprint density at radius 3 is 2.54 bits per heavy atom. The van der Waals surface area contributed by atoms with Crippen molar-refractivity contribution in [3.8, 4) is 5.75 Å². The van der Waals surface area contributed by atoms with Crippen molar-refractivity contribution >= 4 is 17.7 Å². The molecule has 0 radical (unpaired) electrons. The van der Waals surface area contributed by atoms with E-state index < -0.39 is 0 Å². The molecule has 0 bridgehead atoms. The number of aryl methyl sites for hydroxylation is 1. The number of rotatable bonds is 11. The maximum atomic E-state index is 5.21. The lowest BCUT2D eigenvalue weighted by molar-refractivity contribution is 0.414. The van der Waals surface area contributed by atoms with Crippen molar-refractivity contribution in [3.05, 3.63) is 41.5 Å². The van der Waals surface area contributed by atoms with Crippen LogP contribution in [-0.4, -0.2) is 52.9 Å². The van der Waals surface area contributed by atoms with E-state index in [-0.39, 0.29) is 0 Å². The summed E-state index contributed by atoms with van der Waals surface area (Å²) in [4.78, 5) is 4.69. The van der Waals surface area contributed by atoms with E-state index in [2.05, 4.69) is 39.2 Å². The van der Waals surface area contributed by atoms with Crippen molar-refractivity contribution in [1.82, 2.24) is 25.4 Å². The fraction of sp³-hybridized carbons (Fsp3) is 0.550. The van der Waals surface area contributed by atoms with Crippen molar-refractivity contribution in [2.45, 2.75) is 32.7 Å². The average Bonchev–Trinajstić information content (AvgIpc) is 3.04. The molecule has 0 aliphatic carbocycles. The van der Waals surface area contributed by atoms with E-state index in [4.69, 9.17) is 9.73 Å². The van der Waals surface area contributed by atoms with Gasteiger partial charge in [0, 0.05) is 20.1 Å². The Kier molecular flexibility index (Phi) is 9.68. The van der Waals surface area contributed by atoms with E-state index in [0.29, 0.717) is 6.54 Å². The molecule has 0 aliphatic rings. The van der Waals surface area contributed by atoms with E-state index in [9.17, 15) is 0 Å². The van der Waals surface area contributed by atoms with Gasteiger partial charge in [-0.05, 0) is 55.9 Å². The highest BCUT2D eigenvalue weighted by Crippen LogP contribution is 2.11. The number of aromatic nitrogens is 3. The molecular weight excluding hydrogens is 372 g/mol. The second kappa shape index (κ2) is 12.3. The van der Waals surface area contributed by atoms with Gasteiger partial charge in [-0.2, -0.15) is 11.8 Å². The fourth-order valence-electron chi connectivity index (χ4n) is 2.61. The first-order chi connectivity index (χ1) is 13.6. The average molecular weight is 405 g/mol. The van der Waals surface area contributed by atoms with Crippen LogP contribution in [0, 0.1) is 6.92 Å². The highest BCUT2D eigenvalue weighted by Gasteiger charge is 2.05. The SMILES string of the molecule is COc1ccc(CCNC(=NCc2nnc(C)n2C)NCCCCSC)cc1. The first-order valence-corrected chi connectivity index (χ1v) is 11.0. The molecule has 2 aromatic rings. The lowest BCUT2D eigenvalue weighted by Crippen LogP contribution is -2.39. The van der Waals surface area contributed by atoms with Crippen LogP contribution in [0.2, 0.25) is 0 Å². The number of aliphatic imine (C=N–C) groups is 1. The molecule has 1 heterocycles. The second-order valence-corrected chi connectivity index (χ2v) is 7.52. The molecule has 0 amide bonds. The molecule has 2 rings (SSSR count). The van der Waals surface area contributed by atoms with Crippen molar-refractivity contribution in [1.29, 1.82) is 0 Å². The minimum atomic E-state index is 0.500. The van der Waals surface area contributed by atoms with E-state index in [1.165, 1.54) is 17.7 Å². The Morgan fingerprint density at radius 1 is 1.14 bits per heavy atom. The predicted molar refractivity (Wildman–Crippen MR) is 117 cm³/mol. The summed E-state index contributed by atoms with van der Waals surface area (Å²) in [6.07, 6.45) is 5.39. The minimum absolute atomic E-state index is 0.500. The largest absolute Gasteiger partial charge is 0.497 e. The van der Waals surface area contributed by atoms with Crippen molar-refractivity contribution in [2.75, 3.05) is 32.2 Å². The normalized spacial score (nSPS) is 11.5. The standard InChI is InChI=1S/C20H32N6OS/c1-16-24-25-19(26(16)2)15-23-20(21-12-5-6-14-28-4)22-13-11-17-7-9-18(27-3)10-8-17/h7-10H,5-6,11-15H2,1-4H3,(H2,21,22,23). The maximum Gasteiger partial charge on any atom is 0.191 e. The number of benzene rings is 1. The molecule has 0 fully saturated rings. The fourth-order valence-corrected chi connectivity index (χ4v) is 3.10. The summed E-state index contributed by atoms with van der Waals surface area (Å²) in [7, 11) is 3.65. The van der Waals surface area contributed by atoms with E-state index in [1.54, 1.807) is 7.11 Å².